The van der Waals surface area contributed by atoms with Gasteiger partial charge in [0.25, 0.3) is 0 Å². The van der Waals surface area contributed by atoms with Gasteiger partial charge in [0, 0.05) is 6.72 Å². The number of hydrogen-bond acceptors (Lipinski definition) is 3. The third-order valence-corrected chi connectivity index (χ3v) is 0.349. The van der Waals surface area contributed by atoms with Crippen LogP contribution in [0.1, 0.15) is 0 Å². The highest BCUT2D eigenvalue weighted by molar-refractivity contribution is 7.74. The lowest BCUT2D eigenvalue weighted by atomic mass is 11.8. The smallest absolute Gasteiger partial charge is 0.273 e. The average molecular weight is 109 g/mol. The van der Waals surface area contributed by atoms with Crippen LogP contribution in [0.5, 0.6) is 0 Å². The number of oxime groups is 1. The maximum absolute atomic E-state index is 9.35. The molecule has 0 saturated carbocycles. The molecule has 0 fully saturated rings. The first-order valence-electron chi connectivity index (χ1n) is 1.01. The highest BCUT2D eigenvalue weighted by atomic mass is 32.2. The van der Waals surface area contributed by atoms with Crippen molar-refractivity contribution in [2.75, 3.05) is 0 Å². The fraction of sp³-hybridized carbons (Fsp3) is 0. The Bertz CT molecular complexity index is 71.2. The molecule has 36 valence electrons. The van der Waals surface area contributed by atoms with Gasteiger partial charge in [-0.05, 0) is 0 Å². The molecule has 5 heteroatoms. The number of rotatable bonds is 2. The molecular formula is CH3NO3S. The average Bonchev–Trinajstić information content (AvgIpc) is 1.35. The van der Waals surface area contributed by atoms with E-state index in [1.54, 1.807) is 0 Å². The summed E-state index contributed by atoms with van der Waals surface area (Å²) in [5.74, 6) is 0. The second kappa shape index (κ2) is 2.80. The lowest BCUT2D eigenvalue weighted by Gasteiger charge is -1.79. The van der Waals surface area contributed by atoms with Gasteiger partial charge in [0.1, 0.15) is 0 Å². The van der Waals surface area contributed by atoms with Gasteiger partial charge in [-0.3, -0.25) is 8.84 Å². The molecule has 0 aliphatic carbocycles. The van der Waals surface area contributed by atoms with E-state index in [1.807, 2.05) is 0 Å². The molecule has 1 N–H and O–H groups in total. The minimum absolute atomic E-state index is 2.29. The zero-order chi connectivity index (χ0) is 4.99. The van der Waals surface area contributed by atoms with E-state index in [0.717, 1.165) is 0 Å². The van der Waals surface area contributed by atoms with Crippen LogP contribution in [0, 0.1) is 0 Å². The Hall–Kier alpha value is -0.420. The summed E-state index contributed by atoms with van der Waals surface area (Å²) in [6.45, 7) is 2.78. The molecule has 0 heterocycles. The monoisotopic (exact) mass is 109 g/mol. The van der Waals surface area contributed by atoms with Crippen molar-refractivity contribution < 1.29 is 13.0 Å². The molecule has 0 aromatic rings. The first-order valence-corrected chi connectivity index (χ1v) is 2.05. The van der Waals surface area contributed by atoms with Crippen LogP contribution >= 0.6 is 0 Å². The molecule has 0 spiro atoms. The highest BCUT2D eigenvalue weighted by Gasteiger charge is 1.81. The van der Waals surface area contributed by atoms with Crippen molar-refractivity contribution in [2.24, 2.45) is 5.16 Å². The van der Waals surface area contributed by atoms with Crippen molar-refractivity contribution in [1.82, 2.24) is 0 Å². The van der Waals surface area contributed by atoms with E-state index in [2.05, 4.69) is 16.2 Å². The van der Waals surface area contributed by atoms with Crippen molar-refractivity contribution in [3.8, 4) is 0 Å². The standard InChI is InChI=1S/CH3NO3S/c1-2-5-6(3)4/h1H2,(H,3,4). The number of nitrogens with zero attached hydrogens (tertiary/aromatic N) is 1. The molecular weight excluding hydrogens is 106 g/mol. The van der Waals surface area contributed by atoms with E-state index in [0.29, 0.717) is 0 Å². The van der Waals surface area contributed by atoms with Gasteiger partial charge in [-0.25, -0.2) is 0 Å². The molecule has 6 heavy (non-hydrogen) atoms. The summed E-state index contributed by atoms with van der Waals surface area (Å²) in [7, 11) is 0. The largest absolute Gasteiger partial charge is 0.378 e. The predicted molar refractivity (Wildman–Crippen MR) is 21.4 cm³/mol. The number of hydrogen-bond donors (Lipinski definition) is 1. The topological polar surface area (TPSA) is 58.9 Å². The first kappa shape index (κ1) is 5.58. The van der Waals surface area contributed by atoms with Crippen molar-refractivity contribution in [3.63, 3.8) is 0 Å². The van der Waals surface area contributed by atoms with Crippen LogP contribution in [0.25, 0.3) is 0 Å². The van der Waals surface area contributed by atoms with Crippen molar-refractivity contribution in [3.05, 3.63) is 0 Å². The van der Waals surface area contributed by atoms with Crippen LogP contribution < -0.4 is 0 Å². The van der Waals surface area contributed by atoms with Gasteiger partial charge < -0.3 is 0 Å². The third kappa shape index (κ3) is 3.58. The zero-order valence-electron chi connectivity index (χ0n) is 2.83. The SMILES string of the molecule is C=NOS(=O)O. The van der Waals surface area contributed by atoms with Crippen molar-refractivity contribution in [1.29, 1.82) is 0 Å². The minimum Gasteiger partial charge on any atom is -0.273 e. The summed E-state index contributed by atoms with van der Waals surface area (Å²) in [4.78, 5) is 0. The van der Waals surface area contributed by atoms with Gasteiger partial charge in [-0.1, -0.05) is 5.16 Å². The second-order valence-electron chi connectivity index (χ2n) is 0.421. The van der Waals surface area contributed by atoms with Gasteiger partial charge in [0.2, 0.25) is 0 Å². The predicted octanol–water partition coefficient (Wildman–Crippen LogP) is -0.245. The normalized spacial score (nSPS) is 12.8. The van der Waals surface area contributed by atoms with Crippen molar-refractivity contribution in [2.45, 2.75) is 0 Å². The zero-order valence-corrected chi connectivity index (χ0v) is 3.64. The maximum Gasteiger partial charge on any atom is 0.378 e. The molecule has 0 radical (unpaired) electrons. The molecule has 0 aromatic carbocycles. The van der Waals surface area contributed by atoms with Gasteiger partial charge in [-0.15, -0.1) is 0 Å². The summed E-state index contributed by atoms with van der Waals surface area (Å²) in [5.41, 5.74) is 0. The first-order chi connectivity index (χ1) is 2.77. The molecule has 0 aromatic heterocycles. The quantitative estimate of drug-likeness (QED) is 0.302. The van der Waals surface area contributed by atoms with Gasteiger partial charge in [0.05, 0.1) is 0 Å². The fourth-order valence-electron chi connectivity index (χ4n) is 0.0451. The molecule has 0 bridgehead atoms. The van der Waals surface area contributed by atoms with E-state index < -0.39 is 11.4 Å². The van der Waals surface area contributed by atoms with Gasteiger partial charge >= 0.3 is 11.4 Å². The Kier molecular flexibility index (Phi) is 2.60. The van der Waals surface area contributed by atoms with E-state index in [9.17, 15) is 4.21 Å². The van der Waals surface area contributed by atoms with Crippen LogP contribution in [-0.4, -0.2) is 15.5 Å². The molecule has 1 unspecified atom stereocenters. The molecule has 0 aliphatic rings. The van der Waals surface area contributed by atoms with Crippen LogP contribution in [0.15, 0.2) is 5.16 Å². The maximum atomic E-state index is 9.35. The van der Waals surface area contributed by atoms with Gasteiger partial charge in [0.15, 0.2) is 0 Å². The minimum atomic E-state index is -2.29. The molecule has 0 amide bonds. The second-order valence-corrected chi connectivity index (χ2v) is 1.00. The lowest BCUT2D eigenvalue weighted by Crippen LogP contribution is -1.83. The Balaban J connectivity index is 3.05. The molecule has 0 aliphatic heterocycles. The van der Waals surface area contributed by atoms with Crippen molar-refractivity contribution >= 4 is 18.1 Å². The Labute approximate surface area is 37.3 Å². The van der Waals surface area contributed by atoms with E-state index in [1.165, 1.54) is 0 Å². The summed E-state index contributed by atoms with van der Waals surface area (Å²) in [6.07, 6.45) is 0. The summed E-state index contributed by atoms with van der Waals surface area (Å²) in [6, 6.07) is 0. The summed E-state index contributed by atoms with van der Waals surface area (Å²) >= 11 is -2.29. The van der Waals surface area contributed by atoms with Gasteiger partial charge in [-0.2, -0.15) is 4.21 Å². The van der Waals surface area contributed by atoms with Crippen LogP contribution in [0.4, 0.5) is 0 Å². The Morgan fingerprint density at radius 2 is 2.50 bits per heavy atom. The Morgan fingerprint density at radius 1 is 2.00 bits per heavy atom. The van der Waals surface area contributed by atoms with E-state index in [4.69, 9.17) is 4.55 Å². The molecule has 1 atom stereocenters. The molecule has 0 saturated heterocycles. The third-order valence-electron chi connectivity index (χ3n) is 0.116. The van der Waals surface area contributed by atoms with E-state index >= 15 is 0 Å². The highest BCUT2D eigenvalue weighted by Crippen LogP contribution is 1.72. The van der Waals surface area contributed by atoms with Crippen LogP contribution in [0.3, 0.4) is 0 Å². The fourth-order valence-corrected chi connectivity index (χ4v) is 0.135. The lowest BCUT2D eigenvalue weighted by molar-refractivity contribution is 0.329. The summed E-state index contributed by atoms with van der Waals surface area (Å²) < 4.78 is 20.6. The molecule has 0 rings (SSSR count). The summed E-state index contributed by atoms with van der Waals surface area (Å²) in [5, 5.41) is 2.64. The Morgan fingerprint density at radius 3 is 2.50 bits per heavy atom. The molecule has 4 nitrogen and oxygen atoms in total. The van der Waals surface area contributed by atoms with Crippen LogP contribution in [-0.2, 0) is 15.6 Å². The van der Waals surface area contributed by atoms with E-state index in [-0.39, 0.29) is 0 Å². The van der Waals surface area contributed by atoms with Crippen LogP contribution in [0.2, 0.25) is 0 Å².